The van der Waals surface area contributed by atoms with Crippen LogP contribution in [0.25, 0.3) is 0 Å². The van der Waals surface area contributed by atoms with Gasteiger partial charge in [0.25, 0.3) is 0 Å². The zero-order valence-electron chi connectivity index (χ0n) is 11.2. The lowest BCUT2D eigenvalue weighted by Crippen LogP contribution is -2.47. The minimum Gasteiger partial charge on any atom is -0.354 e. The standard InChI is InChI=1S/C14H21N3O2/c1-11(18)17-13(14(19)16-9-5-8-15)10-12-6-3-2-4-7-12/h2-4,6-7,13H,5,8-10,15H2,1H3,(H,16,19)(H,17,18)/t13-/m0/s1. The van der Waals surface area contributed by atoms with Crippen molar-refractivity contribution in [3.05, 3.63) is 35.9 Å². The van der Waals surface area contributed by atoms with Gasteiger partial charge in [-0.15, -0.1) is 0 Å². The van der Waals surface area contributed by atoms with E-state index < -0.39 is 6.04 Å². The van der Waals surface area contributed by atoms with Crippen molar-refractivity contribution in [2.24, 2.45) is 5.73 Å². The van der Waals surface area contributed by atoms with Gasteiger partial charge in [-0.3, -0.25) is 9.59 Å². The molecule has 0 unspecified atom stereocenters. The number of amides is 2. The van der Waals surface area contributed by atoms with Crippen LogP contribution in [0.15, 0.2) is 30.3 Å². The van der Waals surface area contributed by atoms with Gasteiger partial charge in [0.1, 0.15) is 6.04 Å². The number of carbonyl (C=O) groups excluding carboxylic acids is 2. The number of nitrogens with one attached hydrogen (secondary N) is 2. The number of rotatable bonds is 7. The van der Waals surface area contributed by atoms with E-state index in [1.807, 2.05) is 30.3 Å². The first-order chi connectivity index (χ1) is 9.13. The molecule has 0 aliphatic carbocycles. The Balaban J connectivity index is 2.60. The Hall–Kier alpha value is -1.88. The largest absolute Gasteiger partial charge is 0.354 e. The molecule has 0 saturated heterocycles. The van der Waals surface area contributed by atoms with Crippen molar-refractivity contribution in [3.8, 4) is 0 Å². The van der Waals surface area contributed by atoms with E-state index in [4.69, 9.17) is 5.73 Å². The smallest absolute Gasteiger partial charge is 0.242 e. The molecule has 0 aromatic heterocycles. The predicted molar refractivity (Wildman–Crippen MR) is 74.4 cm³/mol. The maximum atomic E-state index is 12.0. The van der Waals surface area contributed by atoms with E-state index in [1.54, 1.807) is 0 Å². The van der Waals surface area contributed by atoms with Gasteiger partial charge in [0.2, 0.25) is 11.8 Å². The van der Waals surface area contributed by atoms with Crippen LogP contribution in [-0.4, -0.2) is 30.9 Å². The number of benzene rings is 1. The highest BCUT2D eigenvalue weighted by Crippen LogP contribution is 2.03. The quantitative estimate of drug-likeness (QED) is 0.614. The molecule has 1 rings (SSSR count). The van der Waals surface area contributed by atoms with Gasteiger partial charge in [-0.25, -0.2) is 0 Å². The Kier molecular flexibility index (Phi) is 6.60. The molecular formula is C14H21N3O2. The zero-order valence-corrected chi connectivity index (χ0v) is 11.2. The molecule has 0 spiro atoms. The first kappa shape index (κ1) is 15.2. The van der Waals surface area contributed by atoms with Crippen LogP contribution < -0.4 is 16.4 Å². The van der Waals surface area contributed by atoms with Crippen LogP contribution in [0.4, 0.5) is 0 Å². The van der Waals surface area contributed by atoms with Crippen LogP contribution >= 0.6 is 0 Å². The van der Waals surface area contributed by atoms with Crippen molar-refractivity contribution in [1.29, 1.82) is 0 Å². The van der Waals surface area contributed by atoms with E-state index >= 15 is 0 Å². The molecule has 104 valence electrons. The molecule has 0 heterocycles. The van der Waals surface area contributed by atoms with Crippen LogP contribution in [0.3, 0.4) is 0 Å². The van der Waals surface area contributed by atoms with E-state index in [0.29, 0.717) is 19.5 Å². The fourth-order valence-corrected chi connectivity index (χ4v) is 1.74. The lowest BCUT2D eigenvalue weighted by molar-refractivity contribution is -0.128. The van der Waals surface area contributed by atoms with Crippen molar-refractivity contribution < 1.29 is 9.59 Å². The predicted octanol–water partition coefficient (Wildman–Crippen LogP) is 0.199. The van der Waals surface area contributed by atoms with E-state index in [-0.39, 0.29) is 11.8 Å². The van der Waals surface area contributed by atoms with Gasteiger partial charge in [-0.05, 0) is 18.5 Å². The Morgan fingerprint density at radius 1 is 1.26 bits per heavy atom. The summed E-state index contributed by atoms with van der Waals surface area (Å²) in [7, 11) is 0. The van der Waals surface area contributed by atoms with Crippen LogP contribution in [0.5, 0.6) is 0 Å². The molecule has 0 fully saturated rings. The number of carbonyl (C=O) groups is 2. The van der Waals surface area contributed by atoms with Gasteiger partial charge < -0.3 is 16.4 Å². The lowest BCUT2D eigenvalue weighted by atomic mass is 10.1. The minimum atomic E-state index is -0.544. The summed E-state index contributed by atoms with van der Waals surface area (Å²) < 4.78 is 0. The highest BCUT2D eigenvalue weighted by Gasteiger charge is 2.19. The summed E-state index contributed by atoms with van der Waals surface area (Å²) >= 11 is 0. The van der Waals surface area contributed by atoms with E-state index in [2.05, 4.69) is 10.6 Å². The van der Waals surface area contributed by atoms with Crippen LogP contribution in [-0.2, 0) is 16.0 Å². The number of nitrogens with two attached hydrogens (primary N) is 1. The summed E-state index contributed by atoms with van der Waals surface area (Å²) in [4.78, 5) is 23.2. The third-order valence-electron chi connectivity index (χ3n) is 2.66. The van der Waals surface area contributed by atoms with Crippen molar-refractivity contribution in [1.82, 2.24) is 10.6 Å². The Bertz CT molecular complexity index is 406. The Labute approximate surface area is 113 Å². The molecule has 5 heteroatoms. The normalized spacial score (nSPS) is 11.7. The second-order valence-electron chi connectivity index (χ2n) is 4.38. The molecule has 0 radical (unpaired) electrons. The molecule has 0 aliphatic heterocycles. The van der Waals surface area contributed by atoms with Gasteiger partial charge in [0, 0.05) is 19.9 Å². The van der Waals surface area contributed by atoms with Crippen LogP contribution in [0.2, 0.25) is 0 Å². The molecule has 1 aromatic rings. The molecule has 1 atom stereocenters. The lowest BCUT2D eigenvalue weighted by Gasteiger charge is -2.17. The summed E-state index contributed by atoms with van der Waals surface area (Å²) in [5.74, 6) is -0.387. The molecule has 0 bridgehead atoms. The monoisotopic (exact) mass is 263 g/mol. The van der Waals surface area contributed by atoms with Gasteiger partial charge in [-0.1, -0.05) is 30.3 Å². The van der Waals surface area contributed by atoms with E-state index in [0.717, 1.165) is 12.0 Å². The molecule has 2 amide bonds. The van der Waals surface area contributed by atoms with Gasteiger partial charge in [0.15, 0.2) is 0 Å². The van der Waals surface area contributed by atoms with Crippen molar-refractivity contribution in [2.45, 2.75) is 25.8 Å². The van der Waals surface area contributed by atoms with Crippen LogP contribution in [0.1, 0.15) is 18.9 Å². The summed E-state index contributed by atoms with van der Waals surface area (Å²) in [5.41, 5.74) is 6.38. The fraction of sp³-hybridized carbons (Fsp3) is 0.429. The van der Waals surface area contributed by atoms with E-state index in [1.165, 1.54) is 6.92 Å². The van der Waals surface area contributed by atoms with Crippen molar-refractivity contribution >= 4 is 11.8 Å². The summed E-state index contributed by atoms with van der Waals surface area (Å²) in [5, 5.41) is 5.45. The Morgan fingerprint density at radius 3 is 2.53 bits per heavy atom. The number of hydrogen-bond donors (Lipinski definition) is 3. The first-order valence-electron chi connectivity index (χ1n) is 6.42. The van der Waals surface area contributed by atoms with Crippen molar-refractivity contribution in [3.63, 3.8) is 0 Å². The maximum Gasteiger partial charge on any atom is 0.242 e. The zero-order chi connectivity index (χ0) is 14.1. The first-order valence-corrected chi connectivity index (χ1v) is 6.42. The average Bonchev–Trinajstić information content (AvgIpc) is 2.39. The third kappa shape index (κ3) is 6.01. The molecule has 19 heavy (non-hydrogen) atoms. The highest BCUT2D eigenvalue weighted by atomic mass is 16.2. The highest BCUT2D eigenvalue weighted by molar-refractivity contribution is 5.87. The topological polar surface area (TPSA) is 84.2 Å². The molecular weight excluding hydrogens is 242 g/mol. The minimum absolute atomic E-state index is 0.174. The van der Waals surface area contributed by atoms with Crippen molar-refractivity contribution in [2.75, 3.05) is 13.1 Å². The van der Waals surface area contributed by atoms with Gasteiger partial charge >= 0.3 is 0 Å². The SMILES string of the molecule is CC(=O)N[C@@H](Cc1ccccc1)C(=O)NCCCN. The summed E-state index contributed by atoms with van der Waals surface area (Å²) in [6.07, 6.45) is 1.21. The van der Waals surface area contributed by atoms with Crippen LogP contribution in [0, 0.1) is 0 Å². The summed E-state index contributed by atoms with van der Waals surface area (Å²) in [6.45, 7) is 2.47. The summed E-state index contributed by atoms with van der Waals surface area (Å²) in [6, 6.07) is 9.05. The second kappa shape index (κ2) is 8.26. The number of hydrogen-bond acceptors (Lipinski definition) is 3. The molecule has 4 N–H and O–H groups in total. The van der Waals surface area contributed by atoms with Gasteiger partial charge in [0.05, 0.1) is 0 Å². The third-order valence-corrected chi connectivity index (χ3v) is 2.66. The maximum absolute atomic E-state index is 12.0. The van der Waals surface area contributed by atoms with E-state index in [9.17, 15) is 9.59 Å². The average molecular weight is 263 g/mol. The van der Waals surface area contributed by atoms with Gasteiger partial charge in [-0.2, -0.15) is 0 Å². The molecule has 5 nitrogen and oxygen atoms in total. The molecule has 0 saturated carbocycles. The molecule has 1 aromatic carbocycles. The second-order valence-corrected chi connectivity index (χ2v) is 4.38. The molecule has 0 aliphatic rings. The fourth-order valence-electron chi connectivity index (χ4n) is 1.74. The Morgan fingerprint density at radius 2 is 1.95 bits per heavy atom.